The Kier molecular flexibility index (Phi) is 7.22. The fourth-order valence-electron chi connectivity index (χ4n) is 3.97. The molecule has 0 spiro atoms. The number of aromatic nitrogens is 2. The molecule has 3 atom stereocenters. The van der Waals surface area contributed by atoms with Crippen LogP contribution in [0.3, 0.4) is 0 Å². The first-order valence-electron chi connectivity index (χ1n) is 10.5. The molecule has 1 fully saturated rings. The molecule has 1 saturated heterocycles. The topological polar surface area (TPSA) is 88.6 Å². The standard InChI is InChI=1S/C23H25ClFN5O3/c1-26-21(31)12-30-11-19(29-18-5-3-4-16(24)23(18)25)20(9-22(30)32-2)33-15-6-7-17-14(8-15)10-27-13-28-17/h3-8,10,13,19-20,22,29H,9,11-12H2,1-2H3,(H,26,31). The summed E-state index contributed by atoms with van der Waals surface area (Å²) in [5.74, 6) is -0.0404. The molecular formula is C23H25ClFN5O3. The zero-order chi connectivity index (χ0) is 23.4. The average molecular weight is 474 g/mol. The van der Waals surface area contributed by atoms with Crippen molar-refractivity contribution in [1.82, 2.24) is 20.2 Å². The van der Waals surface area contributed by atoms with E-state index in [9.17, 15) is 9.18 Å². The molecule has 2 N–H and O–H groups in total. The molecule has 0 aliphatic carbocycles. The van der Waals surface area contributed by atoms with Crippen LogP contribution in [0.15, 0.2) is 48.9 Å². The Morgan fingerprint density at radius 1 is 1.33 bits per heavy atom. The van der Waals surface area contributed by atoms with E-state index in [1.54, 1.807) is 32.5 Å². The van der Waals surface area contributed by atoms with Gasteiger partial charge in [0.2, 0.25) is 5.91 Å². The molecule has 8 nitrogen and oxygen atoms in total. The van der Waals surface area contributed by atoms with E-state index < -0.39 is 5.82 Å². The number of ether oxygens (including phenoxy) is 2. The van der Waals surface area contributed by atoms with E-state index in [0.29, 0.717) is 18.7 Å². The van der Waals surface area contributed by atoms with Crippen molar-refractivity contribution in [3.05, 3.63) is 59.8 Å². The van der Waals surface area contributed by atoms with E-state index in [4.69, 9.17) is 21.1 Å². The average Bonchev–Trinajstić information content (AvgIpc) is 2.83. The zero-order valence-electron chi connectivity index (χ0n) is 18.3. The van der Waals surface area contributed by atoms with Gasteiger partial charge in [0.25, 0.3) is 0 Å². The summed E-state index contributed by atoms with van der Waals surface area (Å²) in [7, 11) is 3.18. The number of amides is 1. The van der Waals surface area contributed by atoms with Gasteiger partial charge >= 0.3 is 0 Å². The summed E-state index contributed by atoms with van der Waals surface area (Å²) in [6, 6.07) is 10.0. The highest BCUT2D eigenvalue weighted by atomic mass is 35.5. The SMILES string of the molecule is CNC(=O)CN1CC(Nc2cccc(Cl)c2F)C(Oc2ccc3ncncc3c2)CC1OC. The van der Waals surface area contributed by atoms with Crippen LogP contribution in [0.5, 0.6) is 5.75 Å². The summed E-state index contributed by atoms with van der Waals surface area (Å²) < 4.78 is 26.6. The first kappa shape index (κ1) is 23.2. The van der Waals surface area contributed by atoms with Crippen molar-refractivity contribution in [2.75, 3.05) is 32.6 Å². The van der Waals surface area contributed by atoms with Crippen LogP contribution in [-0.4, -0.2) is 66.4 Å². The Bertz CT molecular complexity index is 1130. The van der Waals surface area contributed by atoms with Crippen LogP contribution in [0.1, 0.15) is 6.42 Å². The zero-order valence-corrected chi connectivity index (χ0v) is 19.1. The second-order valence-corrected chi connectivity index (χ2v) is 8.19. The number of carbonyl (C=O) groups excluding carboxylic acids is 1. The minimum atomic E-state index is -0.535. The number of likely N-dealkylation sites (N-methyl/N-ethyl adjacent to an activating group) is 1. The summed E-state index contributed by atoms with van der Waals surface area (Å²) in [4.78, 5) is 22.2. The lowest BCUT2D eigenvalue weighted by Crippen LogP contribution is -2.59. The molecule has 2 aromatic carbocycles. The Balaban J connectivity index is 1.61. The van der Waals surface area contributed by atoms with E-state index in [-0.39, 0.29) is 41.5 Å². The lowest BCUT2D eigenvalue weighted by atomic mass is 9.99. The molecule has 1 amide bonds. The van der Waals surface area contributed by atoms with Gasteiger partial charge in [-0.3, -0.25) is 9.69 Å². The number of carbonyl (C=O) groups is 1. The number of benzene rings is 2. The third kappa shape index (κ3) is 5.32. The molecule has 0 bridgehead atoms. The number of halogens is 2. The maximum Gasteiger partial charge on any atom is 0.234 e. The fourth-order valence-corrected chi connectivity index (χ4v) is 4.14. The summed E-state index contributed by atoms with van der Waals surface area (Å²) in [5, 5.41) is 6.73. The first-order chi connectivity index (χ1) is 16.0. The summed E-state index contributed by atoms with van der Waals surface area (Å²) in [5.41, 5.74) is 1.08. The highest BCUT2D eigenvalue weighted by molar-refractivity contribution is 6.31. The van der Waals surface area contributed by atoms with Gasteiger partial charge in [0.15, 0.2) is 5.82 Å². The molecule has 174 valence electrons. The van der Waals surface area contributed by atoms with Gasteiger partial charge in [-0.25, -0.2) is 14.4 Å². The van der Waals surface area contributed by atoms with Crippen LogP contribution in [0.25, 0.3) is 10.9 Å². The van der Waals surface area contributed by atoms with E-state index in [1.165, 1.54) is 12.4 Å². The molecule has 1 aliphatic heterocycles. The van der Waals surface area contributed by atoms with Gasteiger partial charge in [0.05, 0.1) is 28.8 Å². The van der Waals surface area contributed by atoms with Crippen molar-refractivity contribution in [2.45, 2.75) is 24.8 Å². The molecule has 3 unspecified atom stereocenters. The largest absolute Gasteiger partial charge is 0.488 e. The predicted molar refractivity (Wildman–Crippen MR) is 124 cm³/mol. The molecule has 10 heteroatoms. The molecule has 1 aromatic heterocycles. The highest BCUT2D eigenvalue weighted by Crippen LogP contribution is 2.29. The molecule has 4 rings (SSSR count). The van der Waals surface area contributed by atoms with Crippen LogP contribution in [0, 0.1) is 5.82 Å². The Morgan fingerprint density at radius 3 is 2.97 bits per heavy atom. The molecular weight excluding hydrogens is 449 g/mol. The molecule has 0 radical (unpaired) electrons. The van der Waals surface area contributed by atoms with Crippen LogP contribution in [0.2, 0.25) is 5.02 Å². The summed E-state index contributed by atoms with van der Waals surface area (Å²) >= 11 is 5.97. The number of anilines is 1. The predicted octanol–water partition coefficient (Wildman–Crippen LogP) is 3.07. The van der Waals surface area contributed by atoms with Crippen LogP contribution in [0.4, 0.5) is 10.1 Å². The number of hydrogen-bond acceptors (Lipinski definition) is 7. The number of piperidine rings is 1. The highest BCUT2D eigenvalue weighted by Gasteiger charge is 2.38. The van der Waals surface area contributed by atoms with E-state index in [1.807, 2.05) is 23.1 Å². The summed E-state index contributed by atoms with van der Waals surface area (Å²) in [6.45, 7) is 0.532. The number of fused-ring (bicyclic) bond motifs is 1. The molecule has 0 saturated carbocycles. The number of nitrogens with one attached hydrogen (secondary N) is 2. The number of methoxy groups -OCH3 is 1. The van der Waals surface area contributed by atoms with Crippen molar-refractivity contribution in [3.63, 3.8) is 0 Å². The Hall–Kier alpha value is -3.01. The number of nitrogens with zero attached hydrogens (tertiary/aromatic N) is 3. The van der Waals surface area contributed by atoms with Gasteiger partial charge in [-0.1, -0.05) is 17.7 Å². The van der Waals surface area contributed by atoms with Crippen molar-refractivity contribution < 1.29 is 18.7 Å². The Labute approximate surface area is 196 Å². The Morgan fingerprint density at radius 2 is 2.18 bits per heavy atom. The fraction of sp³-hybridized carbons (Fsp3) is 0.348. The number of likely N-dealkylation sites (tertiary alicyclic amines) is 1. The lowest BCUT2D eigenvalue weighted by Gasteiger charge is -2.43. The van der Waals surface area contributed by atoms with Crippen molar-refractivity contribution >= 4 is 34.1 Å². The first-order valence-corrected chi connectivity index (χ1v) is 10.9. The molecule has 1 aliphatic rings. The molecule has 33 heavy (non-hydrogen) atoms. The van der Waals surface area contributed by atoms with E-state index in [0.717, 1.165) is 10.9 Å². The van der Waals surface area contributed by atoms with E-state index in [2.05, 4.69) is 20.6 Å². The third-order valence-electron chi connectivity index (χ3n) is 5.67. The number of rotatable bonds is 7. The lowest BCUT2D eigenvalue weighted by molar-refractivity contribution is -0.131. The third-order valence-corrected chi connectivity index (χ3v) is 5.97. The molecule has 2 heterocycles. The van der Waals surface area contributed by atoms with Crippen LogP contribution >= 0.6 is 11.6 Å². The molecule has 3 aromatic rings. The van der Waals surface area contributed by atoms with E-state index >= 15 is 0 Å². The monoisotopic (exact) mass is 473 g/mol. The second-order valence-electron chi connectivity index (χ2n) is 7.78. The van der Waals surface area contributed by atoms with Gasteiger partial charge < -0.3 is 20.1 Å². The smallest absolute Gasteiger partial charge is 0.234 e. The van der Waals surface area contributed by atoms with Gasteiger partial charge in [0.1, 0.15) is 24.4 Å². The maximum absolute atomic E-state index is 14.6. The van der Waals surface area contributed by atoms with Gasteiger partial charge in [-0.15, -0.1) is 0 Å². The van der Waals surface area contributed by atoms with Gasteiger partial charge in [-0.2, -0.15) is 0 Å². The van der Waals surface area contributed by atoms with Gasteiger partial charge in [0, 0.05) is 38.7 Å². The van der Waals surface area contributed by atoms with Crippen LogP contribution < -0.4 is 15.4 Å². The number of hydrogen-bond donors (Lipinski definition) is 2. The van der Waals surface area contributed by atoms with Crippen molar-refractivity contribution in [2.24, 2.45) is 0 Å². The summed E-state index contributed by atoms with van der Waals surface area (Å²) in [6.07, 6.45) is 2.94. The van der Waals surface area contributed by atoms with Crippen molar-refractivity contribution in [1.29, 1.82) is 0 Å². The minimum absolute atomic E-state index is 0.0276. The quantitative estimate of drug-likeness (QED) is 0.545. The maximum atomic E-state index is 14.6. The van der Waals surface area contributed by atoms with Crippen LogP contribution in [-0.2, 0) is 9.53 Å². The second kappa shape index (κ2) is 10.3. The minimum Gasteiger partial charge on any atom is -0.488 e. The normalized spacial score (nSPS) is 21.0. The van der Waals surface area contributed by atoms with Gasteiger partial charge in [-0.05, 0) is 30.3 Å². The van der Waals surface area contributed by atoms with Crippen molar-refractivity contribution in [3.8, 4) is 5.75 Å².